The van der Waals surface area contributed by atoms with E-state index >= 15 is 0 Å². The smallest absolute Gasteiger partial charge is 0.259 e. The molecule has 23 heavy (non-hydrogen) atoms. The first-order valence-corrected chi connectivity index (χ1v) is 7.57. The Bertz CT molecular complexity index is 860. The topological polar surface area (TPSA) is 46.4 Å². The van der Waals surface area contributed by atoms with E-state index in [1.807, 2.05) is 79.2 Å². The lowest BCUT2D eigenvalue weighted by Crippen LogP contribution is -2.23. The first kappa shape index (κ1) is 15.0. The lowest BCUT2D eigenvalue weighted by atomic mass is 10.1. The molecule has 0 unspecified atom stereocenters. The van der Waals surface area contributed by atoms with Crippen molar-refractivity contribution in [3.63, 3.8) is 0 Å². The number of aromatic nitrogens is 1. The van der Waals surface area contributed by atoms with Gasteiger partial charge < -0.3 is 4.57 Å². The van der Waals surface area contributed by atoms with E-state index in [1.165, 1.54) is 5.56 Å². The van der Waals surface area contributed by atoms with Crippen molar-refractivity contribution >= 4 is 22.5 Å². The van der Waals surface area contributed by atoms with Crippen LogP contribution in [0.5, 0.6) is 0 Å². The molecule has 116 valence electrons. The first-order chi connectivity index (χ1) is 11.1. The molecule has 1 heterocycles. The Morgan fingerprint density at radius 2 is 1.83 bits per heavy atom. The van der Waals surface area contributed by atoms with Crippen LogP contribution in [0.4, 0.5) is 0 Å². The van der Waals surface area contributed by atoms with Crippen LogP contribution < -0.4 is 5.43 Å². The number of hydrazone groups is 1. The maximum Gasteiger partial charge on any atom is 0.259 e. The Morgan fingerprint density at radius 1 is 1.09 bits per heavy atom. The summed E-state index contributed by atoms with van der Waals surface area (Å²) in [6, 6.07) is 18.1. The Balaban J connectivity index is 1.67. The minimum atomic E-state index is -0.141. The van der Waals surface area contributed by atoms with E-state index in [0.29, 0.717) is 0 Å². The van der Waals surface area contributed by atoms with Crippen LogP contribution in [0.3, 0.4) is 0 Å². The average Bonchev–Trinajstić information content (AvgIpc) is 2.96. The highest BCUT2D eigenvalue weighted by Gasteiger charge is 2.05. The molecular formula is C19H19N3O. The zero-order valence-corrected chi connectivity index (χ0v) is 13.3. The number of hydrogen-bond donors (Lipinski definition) is 1. The van der Waals surface area contributed by atoms with Crippen molar-refractivity contribution in [2.75, 3.05) is 0 Å². The summed E-state index contributed by atoms with van der Waals surface area (Å²) in [5, 5.41) is 5.31. The predicted octanol–water partition coefficient (Wildman–Crippen LogP) is 3.49. The molecule has 3 aromatic rings. The van der Waals surface area contributed by atoms with Gasteiger partial charge in [-0.15, -0.1) is 0 Å². The predicted molar refractivity (Wildman–Crippen MR) is 93.5 cm³/mol. The molecule has 2 aromatic carbocycles. The van der Waals surface area contributed by atoms with Crippen LogP contribution in [-0.2, 0) is 11.3 Å². The highest BCUT2D eigenvalue weighted by Crippen LogP contribution is 2.14. The molecule has 0 saturated heterocycles. The molecule has 0 fully saturated rings. The molecule has 0 bridgehead atoms. The third-order valence-corrected chi connectivity index (χ3v) is 3.81. The SMILES string of the molecule is C/C(=N\NC(=O)Cn1ccc2ccccc21)c1ccc(C)cc1. The molecule has 1 amide bonds. The molecule has 4 heteroatoms. The molecular weight excluding hydrogens is 286 g/mol. The highest BCUT2D eigenvalue weighted by molar-refractivity contribution is 5.99. The van der Waals surface area contributed by atoms with Crippen LogP contribution in [-0.4, -0.2) is 16.2 Å². The van der Waals surface area contributed by atoms with Gasteiger partial charge in [-0.25, -0.2) is 5.43 Å². The molecule has 0 saturated carbocycles. The molecule has 0 spiro atoms. The van der Waals surface area contributed by atoms with Gasteiger partial charge in [0.1, 0.15) is 6.54 Å². The van der Waals surface area contributed by atoms with Crippen molar-refractivity contribution in [1.29, 1.82) is 0 Å². The number of nitrogens with one attached hydrogen (secondary N) is 1. The normalized spacial score (nSPS) is 11.7. The van der Waals surface area contributed by atoms with Crippen LogP contribution in [0.1, 0.15) is 18.1 Å². The van der Waals surface area contributed by atoms with Gasteiger partial charge in [-0.05, 0) is 36.9 Å². The molecule has 1 N–H and O–H groups in total. The Kier molecular flexibility index (Phi) is 4.24. The monoisotopic (exact) mass is 305 g/mol. The van der Waals surface area contributed by atoms with Gasteiger partial charge in [-0.1, -0.05) is 48.0 Å². The van der Waals surface area contributed by atoms with Crippen molar-refractivity contribution in [2.45, 2.75) is 20.4 Å². The summed E-state index contributed by atoms with van der Waals surface area (Å²) in [5.41, 5.74) is 6.66. The summed E-state index contributed by atoms with van der Waals surface area (Å²) in [6.45, 7) is 4.17. The zero-order valence-electron chi connectivity index (χ0n) is 13.3. The standard InChI is InChI=1S/C19H19N3O/c1-14-7-9-16(10-8-14)15(2)20-21-19(23)13-22-12-11-17-5-3-4-6-18(17)22/h3-12H,13H2,1-2H3,(H,21,23)/b20-15+. The fraction of sp³-hybridized carbons (Fsp3) is 0.158. The van der Waals surface area contributed by atoms with E-state index in [-0.39, 0.29) is 12.5 Å². The van der Waals surface area contributed by atoms with Crippen molar-refractivity contribution in [2.24, 2.45) is 5.10 Å². The van der Waals surface area contributed by atoms with E-state index in [0.717, 1.165) is 22.2 Å². The van der Waals surface area contributed by atoms with Crippen LogP contribution in [0.2, 0.25) is 0 Å². The minimum absolute atomic E-state index is 0.141. The molecule has 0 aliphatic rings. The summed E-state index contributed by atoms with van der Waals surface area (Å²) in [5.74, 6) is -0.141. The highest BCUT2D eigenvalue weighted by atomic mass is 16.2. The van der Waals surface area contributed by atoms with E-state index in [2.05, 4.69) is 10.5 Å². The van der Waals surface area contributed by atoms with Crippen LogP contribution in [0.15, 0.2) is 65.9 Å². The molecule has 0 aliphatic heterocycles. The van der Waals surface area contributed by atoms with Gasteiger partial charge in [0.05, 0.1) is 5.71 Å². The van der Waals surface area contributed by atoms with E-state index in [4.69, 9.17) is 0 Å². The van der Waals surface area contributed by atoms with Gasteiger partial charge in [0.15, 0.2) is 0 Å². The number of nitrogens with zero attached hydrogens (tertiary/aromatic N) is 2. The Hall–Kier alpha value is -2.88. The quantitative estimate of drug-likeness (QED) is 0.582. The minimum Gasteiger partial charge on any atom is -0.338 e. The number of carbonyl (C=O) groups is 1. The second-order valence-electron chi connectivity index (χ2n) is 5.60. The van der Waals surface area contributed by atoms with Gasteiger partial charge >= 0.3 is 0 Å². The number of carbonyl (C=O) groups excluding carboxylic acids is 1. The number of amides is 1. The van der Waals surface area contributed by atoms with Crippen molar-refractivity contribution in [3.8, 4) is 0 Å². The van der Waals surface area contributed by atoms with Gasteiger partial charge in [-0.2, -0.15) is 5.10 Å². The van der Waals surface area contributed by atoms with E-state index in [9.17, 15) is 4.79 Å². The van der Waals surface area contributed by atoms with E-state index < -0.39 is 0 Å². The maximum atomic E-state index is 12.1. The summed E-state index contributed by atoms with van der Waals surface area (Å²) < 4.78 is 1.92. The third kappa shape index (κ3) is 3.48. The number of hydrogen-bond acceptors (Lipinski definition) is 2. The van der Waals surface area contributed by atoms with Gasteiger partial charge in [0, 0.05) is 11.7 Å². The van der Waals surface area contributed by atoms with Crippen molar-refractivity contribution in [3.05, 3.63) is 71.9 Å². The number of benzene rings is 2. The van der Waals surface area contributed by atoms with E-state index in [1.54, 1.807) is 0 Å². The Labute approximate surface area is 135 Å². The fourth-order valence-corrected chi connectivity index (χ4v) is 2.47. The summed E-state index contributed by atoms with van der Waals surface area (Å²) in [6.07, 6.45) is 1.92. The molecule has 0 aliphatic carbocycles. The second kappa shape index (κ2) is 6.48. The number of rotatable bonds is 4. The van der Waals surface area contributed by atoms with Crippen molar-refractivity contribution in [1.82, 2.24) is 9.99 Å². The number of aryl methyl sites for hydroxylation is 1. The molecule has 0 atom stereocenters. The van der Waals surface area contributed by atoms with Gasteiger partial charge in [-0.3, -0.25) is 4.79 Å². The van der Waals surface area contributed by atoms with Crippen LogP contribution >= 0.6 is 0 Å². The number of para-hydroxylation sites is 1. The van der Waals surface area contributed by atoms with Crippen molar-refractivity contribution < 1.29 is 4.79 Å². The summed E-state index contributed by atoms with van der Waals surface area (Å²) >= 11 is 0. The molecule has 3 rings (SSSR count). The fourth-order valence-electron chi connectivity index (χ4n) is 2.47. The third-order valence-electron chi connectivity index (χ3n) is 3.81. The van der Waals surface area contributed by atoms with Crippen LogP contribution in [0, 0.1) is 6.92 Å². The lowest BCUT2D eigenvalue weighted by Gasteiger charge is -2.06. The summed E-state index contributed by atoms with van der Waals surface area (Å²) in [7, 11) is 0. The molecule has 4 nitrogen and oxygen atoms in total. The van der Waals surface area contributed by atoms with Crippen LogP contribution in [0.25, 0.3) is 10.9 Å². The Morgan fingerprint density at radius 3 is 2.61 bits per heavy atom. The second-order valence-corrected chi connectivity index (χ2v) is 5.60. The molecule has 0 radical (unpaired) electrons. The maximum absolute atomic E-state index is 12.1. The summed E-state index contributed by atoms with van der Waals surface area (Å²) in [4.78, 5) is 12.1. The lowest BCUT2D eigenvalue weighted by molar-refractivity contribution is -0.121. The molecule has 1 aromatic heterocycles. The first-order valence-electron chi connectivity index (χ1n) is 7.57. The van der Waals surface area contributed by atoms with Gasteiger partial charge in [0.25, 0.3) is 5.91 Å². The number of fused-ring (bicyclic) bond motifs is 1. The van der Waals surface area contributed by atoms with Gasteiger partial charge in [0.2, 0.25) is 0 Å². The largest absolute Gasteiger partial charge is 0.338 e. The zero-order chi connectivity index (χ0) is 16.2. The average molecular weight is 305 g/mol.